The lowest BCUT2D eigenvalue weighted by Gasteiger charge is -2.40. The van der Waals surface area contributed by atoms with Crippen LogP contribution >= 0.6 is 0 Å². The first-order valence-corrected chi connectivity index (χ1v) is 10.8. The van der Waals surface area contributed by atoms with E-state index in [0.29, 0.717) is 18.9 Å². The van der Waals surface area contributed by atoms with E-state index in [0.717, 1.165) is 52.7 Å². The number of carboxylic acids is 1. The van der Waals surface area contributed by atoms with E-state index in [1.165, 1.54) is 12.1 Å². The minimum atomic E-state index is -1.26. The van der Waals surface area contributed by atoms with Gasteiger partial charge in [0.25, 0.3) is 0 Å². The third-order valence-electron chi connectivity index (χ3n) is 6.53. The van der Waals surface area contributed by atoms with E-state index >= 15 is 0 Å². The molecular weight excluding hydrogens is 407 g/mol. The van der Waals surface area contributed by atoms with Crippen LogP contribution < -0.4 is 4.74 Å². The number of carbonyl (C=O) groups is 1. The summed E-state index contributed by atoms with van der Waals surface area (Å²) in [6.07, 6.45) is 9.93. The first kappa shape index (κ1) is 21.9. The first-order valence-electron chi connectivity index (χ1n) is 10.8. The maximum atomic E-state index is 14.5. The number of ether oxygens (including phenoxy) is 1. The zero-order chi connectivity index (χ0) is 22.8. The van der Waals surface area contributed by atoms with E-state index in [2.05, 4.69) is 21.9 Å². The molecule has 6 heteroatoms. The van der Waals surface area contributed by atoms with Crippen molar-refractivity contribution in [3.05, 3.63) is 64.6 Å². The lowest BCUT2D eigenvalue weighted by Crippen LogP contribution is -2.36. The van der Waals surface area contributed by atoms with Crippen molar-refractivity contribution in [1.82, 2.24) is 9.88 Å². The lowest BCUT2D eigenvalue weighted by molar-refractivity contribution is 0.0691. The van der Waals surface area contributed by atoms with Gasteiger partial charge in [-0.1, -0.05) is 6.07 Å². The summed E-state index contributed by atoms with van der Waals surface area (Å²) in [6, 6.07) is 8.46. The molecule has 1 fully saturated rings. The summed E-state index contributed by atoms with van der Waals surface area (Å²) in [5.74, 6) is 1.95. The average molecular weight is 435 g/mol. The molecule has 5 nitrogen and oxygen atoms in total. The highest BCUT2D eigenvalue weighted by molar-refractivity contribution is 5.88. The van der Waals surface area contributed by atoms with Crippen molar-refractivity contribution in [2.24, 2.45) is 5.92 Å². The number of nitrogens with zero attached hydrogens (tertiary/aromatic N) is 1. The Morgan fingerprint density at radius 3 is 2.88 bits per heavy atom. The van der Waals surface area contributed by atoms with Gasteiger partial charge in [-0.2, -0.15) is 0 Å². The van der Waals surface area contributed by atoms with Crippen molar-refractivity contribution >= 4 is 16.9 Å². The molecular formula is C26H27FN2O3. The summed E-state index contributed by atoms with van der Waals surface area (Å²) in [4.78, 5) is 16.9. The van der Waals surface area contributed by atoms with E-state index in [4.69, 9.17) is 11.2 Å². The molecule has 2 N–H and O–H groups in total. The number of terminal acetylenes is 1. The molecule has 1 aliphatic heterocycles. The van der Waals surface area contributed by atoms with Gasteiger partial charge in [-0.15, -0.1) is 12.3 Å². The second-order valence-electron chi connectivity index (χ2n) is 8.47. The molecule has 0 spiro atoms. The van der Waals surface area contributed by atoms with Gasteiger partial charge in [-0.25, -0.2) is 9.18 Å². The minimum Gasteiger partial charge on any atom is -0.496 e. The fraction of sp³-hybridized carbons (Fsp3) is 0.346. The molecule has 2 atom stereocenters. The van der Waals surface area contributed by atoms with E-state index in [1.807, 2.05) is 19.2 Å². The topological polar surface area (TPSA) is 65.6 Å². The average Bonchev–Trinajstić information content (AvgIpc) is 3.27. The van der Waals surface area contributed by atoms with Crippen LogP contribution in [0.4, 0.5) is 4.39 Å². The van der Waals surface area contributed by atoms with Crippen LogP contribution in [0.5, 0.6) is 5.75 Å². The number of rotatable bonds is 6. The number of aromatic nitrogens is 1. The van der Waals surface area contributed by atoms with Crippen molar-refractivity contribution in [3.63, 3.8) is 0 Å². The van der Waals surface area contributed by atoms with Gasteiger partial charge in [0, 0.05) is 41.7 Å². The number of fused-ring (bicyclic) bond motifs is 1. The monoisotopic (exact) mass is 434 g/mol. The van der Waals surface area contributed by atoms with Crippen molar-refractivity contribution in [2.75, 3.05) is 13.7 Å². The third-order valence-corrected chi connectivity index (χ3v) is 6.53. The molecule has 0 amide bonds. The van der Waals surface area contributed by atoms with Gasteiger partial charge in [-0.05, 0) is 67.6 Å². The number of piperidine rings is 1. The number of methoxy groups -OCH3 is 1. The molecule has 1 unspecified atom stereocenters. The van der Waals surface area contributed by atoms with Crippen LogP contribution in [0.15, 0.2) is 36.5 Å². The Bertz CT molecular complexity index is 1190. The van der Waals surface area contributed by atoms with Gasteiger partial charge in [0.05, 0.1) is 12.7 Å². The second-order valence-corrected chi connectivity index (χ2v) is 8.47. The Balaban J connectivity index is 1.72. The summed E-state index contributed by atoms with van der Waals surface area (Å²) in [5.41, 5.74) is 3.73. The van der Waals surface area contributed by atoms with Crippen LogP contribution in [0.25, 0.3) is 10.9 Å². The Hall–Kier alpha value is -3.30. The number of aromatic carboxylic acids is 1. The van der Waals surface area contributed by atoms with Crippen molar-refractivity contribution in [1.29, 1.82) is 0 Å². The summed E-state index contributed by atoms with van der Waals surface area (Å²) < 4.78 is 20.2. The molecule has 1 aliphatic rings. The Labute approximate surface area is 187 Å². The number of benzene rings is 2. The van der Waals surface area contributed by atoms with Crippen molar-refractivity contribution < 1.29 is 19.0 Å². The molecule has 32 heavy (non-hydrogen) atoms. The van der Waals surface area contributed by atoms with Crippen LogP contribution in [-0.2, 0) is 6.54 Å². The number of aromatic amines is 1. The molecule has 0 bridgehead atoms. The zero-order valence-electron chi connectivity index (χ0n) is 18.3. The van der Waals surface area contributed by atoms with Crippen LogP contribution in [0.2, 0.25) is 0 Å². The lowest BCUT2D eigenvalue weighted by atomic mass is 9.84. The van der Waals surface area contributed by atoms with E-state index < -0.39 is 11.8 Å². The van der Waals surface area contributed by atoms with Gasteiger partial charge in [0.2, 0.25) is 0 Å². The quantitative estimate of drug-likeness (QED) is 0.517. The van der Waals surface area contributed by atoms with E-state index in [1.54, 1.807) is 13.2 Å². The predicted octanol–water partition coefficient (Wildman–Crippen LogP) is 5.30. The molecule has 166 valence electrons. The molecule has 2 heterocycles. The summed E-state index contributed by atoms with van der Waals surface area (Å²) >= 11 is 0. The molecule has 2 aromatic carbocycles. The smallest absolute Gasteiger partial charge is 0.338 e. The van der Waals surface area contributed by atoms with Crippen LogP contribution in [0.1, 0.15) is 52.4 Å². The number of halogens is 1. The van der Waals surface area contributed by atoms with E-state index in [-0.39, 0.29) is 11.6 Å². The standard InChI is InChI=1S/C26H27FN2O3/c1-4-5-17-9-11-29(23(13-17)18-6-7-20(26(30)31)22(27)14-18)15-21-19-8-10-28-25(19)16(2)12-24(21)32-3/h1,6-8,10,12,14,17,23,28H,5,9,11,13,15H2,2-3H3,(H,30,31)/t17?,23-/m0/s1. The summed E-state index contributed by atoms with van der Waals surface area (Å²) in [5, 5.41) is 10.3. The fourth-order valence-electron chi connectivity index (χ4n) is 4.87. The van der Waals surface area contributed by atoms with Crippen LogP contribution in [0, 0.1) is 31.0 Å². The highest BCUT2D eigenvalue weighted by Gasteiger charge is 2.31. The first-order chi connectivity index (χ1) is 15.4. The van der Waals surface area contributed by atoms with Gasteiger partial charge >= 0.3 is 5.97 Å². The van der Waals surface area contributed by atoms with Gasteiger partial charge < -0.3 is 14.8 Å². The van der Waals surface area contributed by atoms with Crippen LogP contribution in [0.3, 0.4) is 0 Å². The fourth-order valence-corrected chi connectivity index (χ4v) is 4.87. The maximum absolute atomic E-state index is 14.5. The minimum absolute atomic E-state index is 0.0700. The molecule has 1 saturated heterocycles. The molecule has 4 rings (SSSR count). The Kier molecular flexibility index (Phi) is 6.20. The largest absolute Gasteiger partial charge is 0.496 e. The van der Waals surface area contributed by atoms with Crippen molar-refractivity contribution in [2.45, 2.75) is 38.8 Å². The SMILES string of the molecule is C#CCC1CCN(Cc2c(OC)cc(C)c3[nH]ccc23)[C@H](c2ccc(C(=O)O)c(F)c2)C1. The van der Waals surface area contributed by atoms with E-state index in [9.17, 15) is 14.3 Å². The highest BCUT2D eigenvalue weighted by atomic mass is 19.1. The van der Waals surface area contributed by atoms with Gasteiger partial charge in [0.15, 0.2) is 0 Å². The molecule has 1 aromatic heterocycles. The Morgan fingerprint density at radius 1 is 1.38 bits per heavy atom. The normalized spacial score (nSPS) is 19.1. The number of carboxylic acid groups (broad SMARTS) is 1. The number of likely N-dealkylation sites (tertiary alicyclic amines) is 1. The number of aryl methyl sites for hydroxylation is 1. The van der Waals surface area contributed by atoms with Crippen molar-refractivity contribution in [3.8, 4) is 18.1 Å². The predicted molar refractivity (Wildman–Crippen MR) is 122 cm³/mol. The number of nitrogens with one attached hydrogen (secondary N) is 1. The molecule has 0 saturated carbocycles. The zero-order valence-corrected chi connectivity index (χ0v) is 18.3. The number of H-pyrrole nitrogens is 1. The van der Waals surface area contributed by atoms with Gasteiger partial charge in [-0.3, -0.25) is 4.90 Å². The molecule has 0 radical (unpaired) electrons. The maximum Gasteiger partial charge on any atom is 0.338 e. The second kappa shape index (κ2) is 9.05. The molecule has 0 aliphatic carbocycles. The van der Waals surface area contributed by atoms with Crippen LogP contribution in [-0.4, -0.2) is 34.6 Å². The molecule has 3 aromatic rings. The summed E-state index contributed by atoms with van der Waals surface area (Å²) in [7, 11) is 1.67. The highest BCUT2D eigenvalue weighted by Crippen LogP contribution is 2.39. The summed E-state index contributed by atoms with van der Waals surface area (Å²) in [6.45, 7) is 3.49. The number of hydrogen-bond acceptors (Lipinski definition) is 3. The third kappa shape index (κ3) is 4.09. The number of hydrogen-bond donors (Lipinski definition) is 2. The van der Waals surface area contributed by atoms with Gasteiger partial charge in [0.1, 0.15) is 11.6 Å². The Morgan fingerprint density at radius 2 is 2.19 bits per heavy atom.